The van der Waals surface area contributed by atoms with Crippen molar-refractivity contribution in [1.29, 1.82) is 0 Å². The molecule has 1 atom stereocenters. The molecule has 0 aromatic rings. The SMILES string of the molecule is CCOC(=O)C(NC(C)=O)C1(SN=O)CCN(CC)CC1.Cl. The summed E-state index contributed by atoms with van der Waals surface area (Å²) in [5, 5.41) is 2.64. The molecule has 22 heavy (non-hydrogen) atoms. The highest BCUT2D eigenvalue weighted by Crippen LogP contribution is 2.40. The second kappa shape index (κ2) is 10.0. The van der Waals surface area contributed by atoms with Crippen LogP contribution in [0.15, 0.2) is 4.58 Å². The molecule has 0 aromatic heterocycles. The first-order chi connectivity index (χ1) is 9.99. The Morgan fingerprint density at radius 2 is 1.95 bits per heavy atom. The van der Waals surface area contributed by atoms with Crippen molar-refractivity contribution in [3.05, 3.63) is 4.91 Å². The number of rotatable bonds is 7. The summed E-state index contributed by atoms with van der Waals surface area (Å²) in [6, 6.07) is -0.850. The largest absolute Gasteiger partial charge is 0.464 e. The van der Waals surface area contributed by atoms with Crippen molar-refractivity contribution in [2.24, 2.45) is 4.58 Å². The van der Waals surface area contributed by atoms with Crippen LogP contribution in [0.25, 0.3) is 0 Å². The Balaban J connectivity index is 0.00000441. The van der Waals surface area contributed by atoms with Crippen LogP contribution in [-0.4, -0.2) is 53.8 Å². The molecule has 1 aliphatic rings. The molecule has 0 spiro atoms. The van der Waals surface area contributed by atoms with Crippen LogP contribution in [0.1, 0.15) is 33.6 Å². The fourth-order valence-corrected chi connectivity index (χ4v) is 3.36. The summed E-state index contributed by atoms with van der Waals surface area (Å²) in [6.45, 7) is 7.78. The smallest absolute Gasteiger partial charge is 0.330 e. The number of carbonyl (C=O) groups excluding carboxylic acids is 2. The van der Waals surface area contributed by atoms with Gasteiger partial charge in [0.1, 0.15) is 6.04 Å². The number of ether oxygens (including phenoxy) is 1. The van der Waals surface area contributed by atoms with Crippen LogP contribution in [0.3, 0.4) is 0 Å². The lowest BCUT2D eigenvalue weighted by molar-refractivity contribution is -0.148. The van der Waals surface area contributed by atoms with Crippen LogP contribution in [0.4, 0.5) is 0 Å². The summed E-state index contributed by atoms with van der Waals surface area (Å²) < 4.78 is 7.27. The summed E-state index contributed by atoms with van der Waals surface area (Å²) in [6.07, 6.45) is 1.20. The highest BCUT2D eigenvalue weighted by molar-refractivity contribution is 7.99. The van der Waals surface area contributed by atoms with Gasteiger partial charge in [0.25, 0.3) is 0 Å². The number of piperidine rings is 1. The second-order valence-corrected chi connectivity index (χ2v) is 6.20. The molecule has 7 nitrogen and oxygen atoms in total. The summed E-state index contributed by atoms with van der Waals surface area (Å²) >= 11 is 0.844. The van der Waals surface area contributed by atoms with Gasteiger partial charge in [-0.2, -0.15) is 0 Å². The van der Waals surface area contributed by atoms with Gasteiger partial charge in [-0.15, -0.1) is 17.3 Å². The molecule has 1 amide bonds. The minimum atomic E-state index is -0.850. The quantitative estimate of drug-likeness (QED) is 0.426. The van der Waals surface area contributed by atoms with E-state index in [2.05, 4.69) is 21.7 Å². The summed E-state index contributed by atoms with van der Waals surface area (Å²) in [7, 11) is 0. The van der Waals surface area contributed by atoms with Crippen LogP contribution in [0.5, 0.6) is 0 Å². The van der Waals surface area contributed by atoms with E-state index in [1.54, 1.807) is 6.92 Å². The van der Waals surface area contributed by atoms with Gasteiger partial charge in [-0.25, -0.2) is 4.79 Å². The van der Waals surface area contributed by atoms with Crippen LogP contribution in [0, 0.1) is 4.91 Å². The van der Waals surface area contributed by atoms with Crippen LogP contribution in [-0.2, 0) is 14.3 Å². The van der Waals surface area contributed by atoms with Crippen molar-refractivity contribution in [1.82, 2.24) is 10.2 Å². The molecule has 1 N–H and O–H groups in total. The predicted molar refractivity (Wildman–Crippen MR) is 89.0 cm³/mol. The van der Waals surface area contributed by atoms with Crippen LogP contribution in [0.2, 0.25) is 0 Å². The molecular weight excluding hydrogens is 330 g/mol. The fraction of sp³-hybridized carbons (Fsp3) is 0.846. The Morgan fingerprint density at radius 3 is 2.36 bits per heavy atom. The first-order valence-corrected chi connectivity index (χ1v) is 7.93. The van der Waals surface area contributed by atoms with Gasteiger partial charge in [0.15, 0.2) is 0 Å². The molecule has 1 aliphatic heterocycles. The van der Waals surface area contributed by atoms with Gasteiger partial charge >= 0.3 is 5.97 Å². The minimum Gasteiger partial charge on any atom is -0.464 e. The number of carbonyl (C=O) groups is 2. The van der Waals surface area contributed by atoms with E-state index in [9.17, 15) is 14.5 Å². The number of nitroso groups, excluding NO2 is 1. The van der Waals surface area contributed by atoms with Crippen molar-refractivity contribution in [2.45, 2.75) is 44.4 Å². The van der Waals surface area contributed by atoms with Gasteiger partial charge in [-0.1, -0.05) is 6.92 Å². The zero-order chi connectivity index (χ0) is 15.9. The van der Waals surface area contributed by atoms with E-state index in [1.807, 2.05) is 0 Å². The van der Waals surface area contributed by atoms with Crippen LogP contribution >= 0.6 is 24.4 Å². The summed E-state index contributed by atoms with van der Waals surface area (Å²) in [4.78, 5) is 36.7. The standard InChI is InChI=1S/C13H23N3O4S.ClH/c1-4-16-8-6-13(7-9-16,21-15-19)11(14-10(3)17)12(18)20-5-2;/h11H,4-9H2,1-3H3,(H,14,17);1H. The number of amides is 1. The van der Waals surface area contributed by atoms with Gasteiger partial charge < -0.3 is 15.0 Å². The lowest BCUT2D eigenvalue weighted by Gasteiger charge is -2.42. The lowest BCUT2D eigenvalue weighted by Crippen LogP contribution is -2.59. The van der Waals surface area contributed by atoms with E-state index in [0.717, 1.165) is 31.6 Å². The number of hydrogen-bond acceptors (Lipinski definition) is 7. The number of nitrogens with one attached hydrogen (secondary N) is 1. The molecule has 1 fully saturated rings. The Labute approximate surface area is 141 Å². The van der Waals surface area contributed by atoms with E-state index in [0.29, 0.717) is 12.8 Å². The molecule has 0 bridgehead atoms. The molecule has 0 radical (unpaired) electrons. The molecule has 1 heterocycles. The Hall–Kier alpha value is -0.860. The summed E-state index contributed by atoms with van der Waals surface area (Å²) in [5.41, 5.74) is 0. The van der Waals surface area contributed by atoms with Gasteiger partial charge in [0, 0.05) is 23.5 Å². The maximum atomic E-state index is 12.2. The predicted octanol–water partition coefficient (Wildman–Crippen LogP) is 1.75. The van der Waals surface area contributed by atoms with E-state index < -0.39 is 16.8 Å². The zero-order valence-corrected chi connectivity index (χ0v) is 14.8. The molecule has 128 valence electrons. The van der Waals surface area contributed by atoms with Gasteiger partial charge in [-0.05, 0) is 39.4 Å². The first-order valence-electron chi connectivity index (χ1n) is 7.16. The van der Waals surface area contributed by atoms with Crippen molar-refractivity contribution < 1.29 is 14.3 Å². The van der Waals surface area contributed by atoms with Crippen LogP contribution < -0.4 is 5.32 Å². The summed E-state index contributed by atoms with van der Waals surface area (Å²) in [5.74, 6) is -0.828. The fourth-order valence-electron chi connectivity index (χ4n) is 2.59. The van der Waals surface area contributed by atoms with Crippen molar-refractivity contribution in [2.75, 3.05) is 26.2 Å². The maximum absolute atomic E-state index is 12.2. The molecule has 0 aromatic carbocycles. The molecule has 1 saturated heterocycles. The lowest BCUT2D eigenvalue weighted by atomic mass is 9.88. The average Bonchev–Trinajstić information content (AvgIpc) is 2.46. The number of halogens is 1. The Kier molecular flexibility index (Phi) is 9.63. The minimum absolute atomic E-state index is 0. The van der Waals surface area contributed by atoms with E-state index in [1.165, 1.54) is 6.92 Å². The van der Waals surface area contributed by atoms with Gasteiger partial charge in [-0.3, -0.25) is 4.79 Å². The molecule has 0 saturated carbocycles. The zero-order valence-electron chi connectivity index (χ0n) is 13.2. The Morgan fingerprint density at radius 1 is 1.36 bits per heavy atom. The normalized spacial score (nSPS) is 18.7. The monoisotopic (exact) mass is 353 g/mol. The van der Waals surface area contributed by atoms with E-state index in [4.69, 9.17) is 4.74 Å². The highest BCUT2D eigenvalue weighted by atomic mass is 35.5. The molecular formula is C13H24ClN3O4S. The van der Waals surface area contributed by atoms with Gasteiger partial charge in [0.05, 0.1) is 11.4 Å². The van der Waals surface area contributed by atoms with Crippen molar-refractivity contribution in [3.63, 3.8) is 0 Å². The molecule has 1 rings (SSSR count). The average molecular weight is 354 g/mol. The number of hydrogen-bond donors (Lipinski definition) is 1. The highest BCUT2D eigenvalue weighted by Gasteiger charge is 2.48. The van der Waals surface area contributed by atoms with E-state index >= 15 is 0 Å². The molecule has 0 aliphatic carbocycles. The molecule has 9 heteroatoms. The third kappa shape index (κ3) is 5.40. The number of nitrogens with zero attached hydrogens (tertiary/aromatic N) is 2. The topological polar surface area (TPSA) is 88.1 Å². The second-order valence-electron chi connectivity index (χ2n) is 5.05. The van der Waals surface area contributed by atoms with E-state index in [-0.39, 0.29) is 24.9 Å². The Bertz CT molecular complexity index is 389. The first kappa shape index (κ1) is 21.1. The van der Waals surface area contributed by atoms with Gasteiger partial charge in [0.2, 0.25) is 5.91 Å². The third-order valence-electron chi connectivity index (χ3n) is 3.76. The van der Waals surface area contributed by atoms with Crippen molar-refractivity contribution >= 4 is 36.2 Å². The number of esters is 1. The number of likely N-dealkylation sites (tertiary alicyclic amines) is 1. The third-order valence-corrected chi connectivity index (χ3v) is 4.85. The maximum Gasteiger partial charge on any atom is 0.330 e. The molecule has 1 unspecified atom stereocenters. The van der Waals surface area contributed by atoms with Crippen molar-refractivity contribution in [3.8, 4) is 0 Å².